The Morgan fingerprint density at radius 1 is 1.65 bits per heavy atom. The zero-order valence-corrected chi connectivity index (χ0v) is 9.20. The molecule has 0 aliphatic rings. The number of nitrogens with two attached hydrogens (primary N) is 1. The van der Waals surface area contributed by atoms with E-state index >= 15 is 0 Å². The standard InChI is InChI=1S/C10H13N3O4/c1-2-8(10(14)15)17-6-3-4-7(12-5-6)9(11)13-16/h3-5,8,16H,2H2,1H3,(H2,11,13)(H,14,15). The van der Waals surface area contributed by atoms with Crippen LogP contribution in [0.4, 0.5) is 0 Å². The summed E-state index contributed by atoms with van der Waals surface area (Å²) in [5, 5.41) is 20.0. The fourth-order valence-electron chi connectivity index (χ4n) is 1.13. The van der Waals surface area contributed by atoms with E-state index in [1.807, 2.05) is 0 Å². The number of pyridine rings is 1. The molecule has 7 heteroatoms. The minimum Gasteiger partial charge on any atom is -0.479 e. The molecule has 17 heavy (non-hydrogen) atoms. The van der Waals surface area contributed by atoms with Crippen LogP contribution in [0.2, 0.25) is 0 Å². The van der Waals surface area contributed by atoms with Gasteiger partial charge in [0.2, 0.25) is 0 Å². The van der Waals surface area contributed by atoms with Crippen molar-refractivity contribution in [3.8, 4) is 5.75 Å². The number of amidine groups is 1. The Bertz CT molecular complexity index is 416. The van der Waals surface area contributed by atoms with Gasteiger partial charge in [0.15, 0.2) is 11.9 Å². The number of hydrogen-bond donors (Lipinski definition) is 3. The molecule has 4 N–H and O–H groups in total. The number of aliphatic carboxylic acids is 1. The topological polar surface area (TPSA) is 118 Å². The molecule has 0 amide bonds. The lowest BCUT2D eigenvalue weighted by molar-refractivity contribution is -0.145. The third kappa shape index (κ3) is 3.33. The van der Waals surface area contributed by atoms with E-state index in [0.29, 0.717) is 12.2 Å². The van der Waals surface area contributed by atoms with Crippen molar-refractivity contribution in [2.24, 2.45) is 10.9 Å². The number of hydrogen-bond acceptors (Lipinski definition) is 5. The van der Waals surface area contributed by atoms with Crippen molar-refractivity contribution in [1.29, 1.82) is 0 Å². The fraction of sp³-hybridized carbons (Fsp3) is 0.300. The summed E-state index contributed by atoms with van der Waals surface area (Å²) in [6.45, 7) is 1.71. The highest BCUT2D eigenvalue weighted by Gasteiger charge is 2.16. The summed E-state index contributed by atoms with van der Waals surface area (Å²) in [6, 6.07) is 2.98. The third-order valence-corrected chi connectivity index (χ3v) is 2.03. The minimum absolute atomic E-state index is 0.123. The monoisotopic (exact) mass is 239 g/mol. The molecule has 7 nitrogen and oxygen atoms in total. The molecule has 92 valence electrons. The zero-order chi connectivity index (χ0) is 12.8. The van der Waals surface area contributed by atoms with E-state index in [2.05, 4.69) is 10.1 Å². The molecule has 0 aliphatic heterocycles. The summed E-state index contributed by atoms with van der Waals surface area (Å²) in [5.41, 5.74) is 5.60. The third-order valence-electron chi connectivity index (χ3n) is 2.03. The number of aromatic nitrogens is 1. The Balaban J connectivity index is 2.78. The van der Waals surface area contributed by atoms with Crippen LogP contribution in [0.15, 0.2) is 23.5 Å². The largest absolute Gasteiger partial charge is 0.479 e. The van der Waals surface area contributed by atoms with Crippen LogP contribution in [0, 0.1) is 0 Å². The molecule has 1 aromatic rings. The van der Waals surface area contributed by atoms with E-state index in [0.717, 1.165) is 0 Å². The number of oxime groups is 1. The SMILES string of the molecule is CCC(Oc1ccc(/C(N)=N\O)nc1)C(=O)O. The average Bonchev–Trinajstić information content (AvgIpc) is 2.35. The van der Waals surface area contributed by atoms with Crippen LogP contribution in [0.1, 0.15) is 19.0 Å². The molecule has 0 saturated heterocycles. The quantitative estimate of drug-likeness (QED) is 0.296. The molecule has 1 heterocycles. The van der Waals surface area contributed by atoms with Crippen molar-refractivity contribution >= 4 is 11.8 Å². The predicted octanol–water partition coefficient (Wildman–Crippen LogP) is 0.418. The summed E-state index contributed by atoms with van der Waals surface area (Å²) in [4.78, 5) is 14.6. The normalized spacial score (nSPS) is 13.1. The predicted molar refractivity (Wildman–Crippen MR) is 59.1 cm³/mol. The molecule has 0 bridgehead atoms. The summed E-state index contributed by atoms with van der Waals surface area (Å²) < 4.78 is 5.19. The molecule has 0 fully saturated rings. The molecule has 0 aliphatic carbocycles. The van der Waals surface area contributed by atoms with Gasteiger partial charge >= 0.3 is 5.97 Å². The van der Waals surface area contributed by atoms with Gasteiger partial charge in [-0.25, -0.2) is 9.78 Å². The maximum absolute atomic E-state index is 10.7. The van der Waals surface area contributed by atoms with Crippen LogP contribution in [-0.2, 0) is 4.79 Å². The van der Waals surface area contributed by atoms with Gasteiger partial charge in [-0.15, -0.1) is 0 Å². The van der Waals surface area contributed by atoms with Gasteiger partial charge in [0.25, 0.3) is 0 Å². The van der Waals surface area contributed by atoms with Crippen molar-refractivity contribution < 1.29 is 19.8 Å². The molecule has 0 radical (unpaired) electrons. The van der Waals surface area contributed by atoms with Crippen LogP contribution >= 0.6 is 0 Å². The molecule has 0 spiro atoms. The Kier molecular flexibility index (Phi) is 4.27. The minimum atomic E-state index is -1.03. The Hall–Kier alpha value is -2.31. The molecule has 0 saturated carbocycles. The summed E-state index contributed by atoms with van der Waals surface area (Å²) in [5.74, 6) is -0.844. The summed E-state index contributed by atoms with van der Waals surface area (Å²) in [6.07, 6.45) is 0.752. The number of carboxylic acids is 1. The second kappa shape index (κ2) is 5.69. The fourth-order valence-corrected chi connectivity index (χ4v) is 1.13. The number of carbonyl (C=O) groups is 1. The Morgan fingerprint density at radius 3 is 2.76 bits per heavy atom. The molecule has 1 atom stereocenters. The molecule has 1 aromatic heterocycles. The first-order chi connectivity index (χ1) is 8.08. The van der Waals surface area contributed by atoms with Gasteiger partial charge in [0.05, 0.1) is 6.20 Å². The Morgan fingerprint density at radius 2 is 2.35 bits per heavy atom. The van der Waals surface area contributed by atoms with Crippen molar-refractivity contribution in [1.82, 2.24) is 4.98 Å². The van der Waals surface area contributed by atoms with E-state index in [-0.39, 0.29) is 11.5 Å². The molecular formula is C10H13N3O4. The van der Waals surface area contributed by atoms with Gasteiger partial charge in [-0.1, -0.05) is 12.1 Å². The lowest BCUT2D eigenvalue weighted by Crippen LogP contribution is -2.26. The van der Waals surface area contributed by atoms with Crippen molar-refractivity contribution in [3.05, 3.63) is 24.0 Å². The van der Waals surface area contributed by atoms with Crippen molar-refractivity contribution in [2.45, 2.75) is 19.4 Å². The second-order valence-corrected chi connectivity index (χ2v) is 3.22. The van der Waals surface area contributed by atoms with Crippen LogP contribution in [0.3, 0.4) is 0 Å². The van der Waals surface area contributed by atoms with E-state index in [4.69, 9.17) is 20.8 Å². The van der Waals surface area contributed by atoms with Gasteiger partial charge in [0, 0.05) is 0 Å². The van der Waals surface area contributed by atoms with Gasteiger partial charge in [-0.2, -0.15) is 0 Å². The summed E-state index contributed by atoms with van der Waals surface area (Å²) in [7, 11) is 0. The highest BCUT2D eigenvalue weighted by Crippen LogP contribution is 2.12. The van der Waals surface area contributed by atoms with Crippen LogP contribution < -0.4 is 10.5 Å². The maximum atomic E-state index is 10.7. The number of nitrogens with zero attached hydrogens (tertiary/aromatic N) is 2. The molecule has 1 unspecified atom stereocenters. The lowest BCUT2D eigenvalue weighted by atomic mass is 10.3. The van der Waals surface area contributed by atoms with E-state index < -0.39 is 12.1 Å². The molecular weight excluding hydrogens is 226 g/mol. The number of ether oxygens (including phenoxy) is 1. The molecule has 0 aromatic carbocycles. The van der Waals surface area contributed by atoms with Gasteiger partial charge in [-0.05, 0) is 18.6 Å². The van der Waals surface area contributed by atoms with E-state index in [1.54, 1.807) is 6.92 Å². The van der Waals surface area contributed by atoms with Crippen LogP contribution in [-0.4, -0.2) is 33.2 Å². The van der Waals surface area contributed by atoms with Crippen LogP contribution in [0.25, 0.3) is 0 Å². The number of carboxylic acid groups (broad SMARTS) is 1. The first-order valence-electron chi connectivity index (χ1n) is 4.92. The van der Waals surface area contributed by atoms with Gasteiger partial charge in [0.1, 0.15) is 11.4 Å². The van der Waals surface area contributed by atoms with Gasteiger partial charge in [-0.3, -0.25) is 0 Å². The number of rotatable bonds is 5. The van der Waals surface area contributed by atoms with Crippen molar-refractivity contribution in [3.63, 3.8) is 0 Å². The maximum Gasteiger partial charge on any atom is 0.344 e. The molecule has 1 rings (SSSR count). The lowest BCUT2D eigenvalue weighted by Gasteiger charge is -2.12. The van der Waals surface area contributed by atoms with Crippen LogP contribution in [0.5, 0.6) is 5.75 Å². The highest BCUT2D eigenvalue weighted by atomic mass is 16.5. The average molecular weight is 239 g/mol. The first-order valence-corrected chi connectivity index (χ1v) is 4.92. The summed E-state index contributed by atoms with van der Waals surface area (Å²) >= 11 is 0. The van der Waals surface area contributed by atoms with Gasteiger partial charge < -0.3 is 20.8 Å². The highest BCUT2D eigenvalue weighted by molar-refractivity contribution is 5.95. The van der Waals surface area contributed by atoms with Crippen molar-refractivity contribution in [2.75, 3.05) is 0 Å². The Labute approximate surface area is 97.5 Å². The first kappa shape index (κ1) is 12.8. The van der Waals surface area contributed by atoms with E-state index in [1.165, 1.54) is 18.3 Å². The smallest absolute Gasteiger partial charge is 0.344 e. The van der Waals surface area contributed by atoms with E-state index in [9.17, 15) is 4.79 Å². The zero-order valence-electron chi connectivity index (χ0n) is 9.20. The second-order valence-electron chi connectivity index (χ2n) is 3.22.